The lowest BCUT2D eigenvalue weighted by Crippen LogP contribution is -2.21. The quantitative estimate of drug-likeness (QED) is 0.805. The number of rotatable bonds is 4. The van der Waals surface area contributed by atoms with Crippen LogP contribution in [0, 0.1) is 6.92 Å². The highest BCUT2D eigenvalue weighted by Crippen LogP contribution is 2.16. The van der Waals surface area contributed by atoms with E-state index in [0.29, 0.717) is 5.82 Å². The molecule has 0 aliphatic rings. The molecule has 0 saturated heterocycles. The number of aromatic nitrogens is 4. The van der Waals surface area contributed by atoms with E-state index in [1.807, 2.05) is 49.6 Å². The first-order valence-electron chi connectivity index (χ1n) is 7.31. The van der Waals surface area contributed by atoms with Crippen molar-refractivity contribution in [2.45, 2.75) is 33.4 Å². The minimum absolute atomic E-state index is 0.0892. The molecule has 1 aromatic carbocycles. The number of hydrogen-bond acceptors (Lipinski definition) is 3. The number of fused-ring (bicyclic) bond motifs is 1. The van der Waals surface area contributed by atoms with Crippen molar-refractivity contribution in [2.24, 2.45) is 0 Å². The van der Waals surface area contributed by atoms with Crippen LogP contribution in [0.4, 0.5) is 5.82 Å². The molecule has 1 N–H and O–H groups in total. The number of carbonyl (C=O) groups excluding carboxylic acids is 1. The van der Waals surface area contributed by atoms with Gasteiger partial charge in [0.05, 0.1) is 17.2 Å². The molecule has 22 heavy (non-hydrogen) atoms. The summed E-state index contributed by atoms with van der Waals surface area (Å²) in [6, 6.07) is 9.81. The number of nitrogens with zero attached hydrogens (tertiary/aromatic N) is 4. The summed E-state index contributed by atoms with van der Waals surface area (Å²) in [6.07, 6.45) is 1.69. The molecule has 6 nitrogen and oxygen atoms in total. The van der Waals surface area contributed by atoms with Gasteiger partial charge in [0.2, 0.25) is 5.91 Å². The highest BCUT2D eigenvalue weighted by atomic mass is 16.2. The Morgan fingerprint density at radius 2 is 2.05 bits per heavy atom. The van der Waals surface area contributed by atoms with Crippen LogP contribution in [0.1, 0.15) is 25.7 Å². The van der Waals surface area contributed by atoms with Gasteiger partial charge in [0.1, 0.15) is 18.2 Å². The van der Waals surface area contributed by atoms with E-state index in [2.05, 4.69) is 15.4 Å². The Balaban J connectivity index is 1.82. The van der Waals surface area contributed by atoms with E-state index < -0.39 is 0 Å². The standard InChI is InChI=1S/C16H19N5O/c1-11(2)21-15(8-9-17-21)19-16(22)10-20-12(3)18-13-6-4-5-7-14(13)20/h4-9,11H,10H2,1-3H3,(H,19,22). The highest BCUT2D eigenvalue weighted by Gasteiger charge is 2.13. The van der Waals surface area contributed by atoms with Crippen LogP contribution in [0.25, 0.3) is 11.0 Å². The average Bonchev–Trinajstić information content (AvgIpc) is 3.04. The van der Waals surface area contributed by atoms with E-state index in [1.165, 1.54) is 0 Å². The molecule has 0 unspecified atom stereocenters. The lowest BCUT2D eigenvalue weighted by molar-refractivity contribution is -0.116. The van der Waals surface area contributed by atoms with Gasteiger partial charge in [0.25, 0.3) is 0 Å². The first kappa shape index (κ1) is 14.3. The first-order valence-corrected chi connectivity index (χ1v) is 7.31. The molecule has 0 atom stereocenters. The summed E-state index contributed by atoms with van der Waals surface area (Å²) >= 11 is 0. The molecule has 114 valence electrons. The maximum absolute atomic E-state index is 12.3. The lowest BCUT2D eigenvalue weighted by Gasteiger charge is -2.12. The second-order valence-corrected chi connectivity index (χ2v) is 5.54. The molecule has 0 radical (unpaired) electrons. The third-order valence-electron chi connectivity index (χ3n) is 3.57. The van der Waals surface area contributed by atoms with Crippen molar-refractivity contribution < 1.29 is 4.79 Å². The fourth-order valence-electron chi connectivity index (χ4n) is 2.55. The Kier molecular flexibility index (Phi) is 3.66. The van der Waals surface area contributed by atoms with Crippen molar-refractivity contribution in [3.05, 3.63) is 42.4 Å². The van der Waals surface area contributed by atoms with Crippen LogP contribution in [-0.2, 0) is 11.3 Å². The van der Waals surface area contributed by atoms with Gasteiger partial charge in [-0.15, -0.1) is 0 Å². The van der Waals surface area contributed by atoms with Gasteiger partial charge in [-0.1, -0.05) is 12.1 Å². The zero-order chi connectivity index (χ0) is 15.7. The van der Waals surface area contributed by atoms with Crippen LogP contribution >= 0.6 is 0 Å². The van der Waals surface area contributed by atoms with Gasteiger partial charge in [-0.25, -0.2) is 9.67 Å². The fraction of sp³-hybridized carbons (Fsp3) is 0.312. The first-order chi connectivity index (χ1) is 10.6. The van der Waals surface area contributed by atoms with Crippen molar-refractivity contribution in [1.82, 2.24) is 19.3 Å². The Bertz CT molecular complexity index is 815. The number of amides is 1. The number of para-hydroxylation sites is 2. The van der Waals surface area contributed by atoms with E-state index >= 15 is 0 Å². The number of imidazole rings is 1. The smallest absolute Gasteiger partial charge is 0.245 e. The van der Waals surface area contributed by atoms with Crippen molar-refractivity contribution in [3.8, 4) is 0 Å². The topological polar surface area (TPSA) is 64.7 Å². The Hall–Kier alpha value is -2.63. The average molecular weight is 297 g/mol. The van der Waals surface area contributed by atoms with Gasteiger partial charge in [-0.3, -0.25) is 4.79 Å². The maximum Gasteiger partial charge on any atom is 0.245 e. The predicted molar refractivity (Wildman–Crippen MR) is 85.7 cm³/mol. The minimum Gasteiger partial charge on any atom is -0.319 e. The van der Waals surface area contributed by atoms with Crippen LogP contribution in [0.15, 0.2) is 36.5 Å². The molecule has 2 aromatic heterocycles. The molecule has 0 saturated carbocycles. The normalized spacial score (nSPS) is 11.3. The predicted octanol–water partition coefficient (Wildman–Crippen LogP) is 2.76. The van der Waals surface area contributed by atoms with Crippen LogP contribution in [0.5, 0.6) is 0 Å². The highest BCUT2D eigenvalue weighted by molar-refractivity contribution is 5.91. The van der Waals surface area contributed by atoms with Gasteiger partial charge in [-0.05, 0) is 32.9 Å². The maximum atomic E-state index is 12.3. The zero-order valence-corrected chi connectivity index (χ0v) is 12.9. The number of anilines is 1. The van der Waals surface area contributed by atoms with Gasteiger partial charge in [0, 0.05) is 12.1 Å². The summed E-state index contributed by atoms with van der Waals surface area (Å²) in [5.74, 6) is 1.45. The third kappa shape index (κ3) is 2.59. The van der Waals surface area contributed by atoms with Crippen molar-refractivity contribution in [3.63, 3.8) is 0 Å². The number of nitrogens with one attached hydrogen (secondary N) is 1. The molecule has 3 rings (SSSR count). The molecule has 0 fully saturated rings. The van der Waals surface area contributed by atoms with Crippen LogP contribution in [-0.4, -0.2) is 25.2 Å². The van der Waals surface area contributed by atoms with Crippen LogP contribution in [0.2, 0.25) is 0 Å². The Labute approximate surface area is 128 Å². The summed E-state index contributed by atoms with van der Waals surface area (Å²) in [5, 5.41) is 7.13. The van der Waals surface area contributed by atoms with E-state index in [4.69, 9.17) is 0 Å². The summed E-state index contributed by atoms with van der Waals surface area (Å²) in [6.45, 7) is 6.19. The van der Waals surface area contributed by atoms with E-state index in [0.717, 1.165) is 16.9 Å². The molecule has 0 bridgehead atoms. The molecular weight excluding hydrogens is 278 g/mol. The third-order valence-corrected chi connectivity index (χ3v) is 3.57. The minimum atomic E-state index is -0.0892. The van der Waals surface area contributed by atoms with Gasteiger partial charge < -0.3 is 9.88 Å². The van der Waals surface area contributed by atoms with Gasteiger partial charge in [0.15, 0.2) is 0 Å². The van der Waals surface area contributed by atoms with Gasteiger partial charge >= 0.3 is 0 Å². The van der Waals surface area contributed by atoms with E-state index in [1.54, 1.807) is 16.9 Å². The lowest BCUT2D eigenvalue weighted by atomic mass is 10.3. The molecule has 2 heterocycles. The molecule has 1 amide bonds. The number of carbonyl (C=O) groups is 1. The molecule has 3 aromatic rings. The largest absolute Gasteiger partial charge is 0.319 e. The van der Waals surface area contributed by atoms with Gasteiger partial charge in [-0.2, -0.15) is 5.10 Å². The van der Waals surface area contributed by atoms with E-state index in [-0.39, 0.29) is 18.5 Å². The monoisotopic (exact) mass is 297 g/mol. The number of aryl methyl sites for hydroxylation is 1. The van der Waals surface area contributed by atoms with Crippen molar-refractivity contribution in [1.29, 1.82) is 0 Å². The number of hydrogen-bond donors (Lipinski definition) is 1. The molecular formula is C16H19N5O. The zero-order valence-electron chi connectivity index (χ0n) is 12.9. The molecule has 0 aliphatic heterocycles. The molecule has 0 aliphatic carbocycles. The SMILES string of the molecule is Cc1nc2ccccc2n1CC(=O)Nc1ccnn1C(C)C. The summed E-state index contributed by atoms with van der Waals surface area (Å²) < 4.78 is 3.71. The van der Waals surface area contributed by atoms with E-state index in [9.17, 15) is 4.79 Å². The molecule has 6 heteroatoms. The van der Waals surface area contributed by atoms with Crippen molar-refractivity contribution in [2.75, 3.05) is 5.32 Å². The molecule has 0 spiro atoms. The fourth-order valence-corrected chi connectivity index (χ4v) is 2.55. The second kappa shape index (κ2) is 5.63. The van der Waals surface area contributed by atoms with Crippen LogP contribution < -0.4 is 5.32 Å². The summed E-state index contributed by atoms with van der Waals surface area (Å²) in [5.41, 5.74) is 1.87. The summed E-state index contributed by atoms with van der Waals surface area (Å²) in [4.78, 5) is 16.8. The van der Waals surface area contributed by atoms with Crippen molar-refractivity contribution >= 4 is 22.8 Å². The Morgan fingerprint density at radius 3 is 2.82 bits per heavy atom. The number of benzene rings is 1. The summed E-state index contributed by atoms with van der Waals surface area (Å²) in [7, 11) is 0. The van der Waals surface area contributed by atoms with Crippen LogP contribution in [0.3, 0.4) is 0 Å². The second-order valence-electron chi connectivity index (χ2n) is 5.54. The Morgan fingerprint density at radius 1 is 1.27 bits per heavy atom.